The van der Waals surface area contributed by atoms with E-state index in [1.54, 1.807) is 25.1 Å². The van der Waals surface area contributed by atoms with Crippen LogP contribution in [-0.2, 0) is 14.3 Å². The minimum Gasteiger partial charge on any atom is -0.479 e. The van der Waals surface area contributed by atoms with E-state index in [1.807, 2.05) is 30.3 Å². The molecule has 0 saturated heterocycles. The predicted molar refractivity (Wildman–Crippen MR) is 90.0 cm³/mol. The Morgan fingerprint density at radius 1 is 1.25 bits per heavy atom. The molecule has 2 atom stereocenters. The van der Waals surface area contributed by atoms with Gasteiger partial charge in [0.05, 0.1) is 12.8 Å². The van der Waals surface area contributed by atoms with Gasteiger partial charge < -0.3 is 20.1 Å². The van der Waals surface area contributed by atoms with Crippen molar-refractivity contribution in [3.8, 4) is 5.75 Å². The molecule has 0 unspecified atom stereocenters. The maximum atomic E-state index is 12.1. The molecule has 24 heavy (non-hydrogen) atoms. The highest BCUT2D eigenvalue weighted by molar-refractivity contribution is 5.98. The molecule has 1 heterocycles. The van der Waals surface area contributed by atoms with Crippen molar-refractivity contribution in [2.45, 2.75) is 19.1 Å². The summed E-state index contributed by atoms with van der Waals surface area (Å²) in [4.78, 5) is 23.9. The van der Waals surface area contributed by atoms with Crippen LogP contribution in [0.25, 0.3) is 0 Å². The fraction of sp³-hybridized carbons (Fsp3) is 0.222. The highest BCUT2D eigenvalue weighted by Gasteiger charge is 2.25. The zero-order valence-corrected chi connectivity index (χ0v) is 13.4. The number of anilines is 2. The van der Waals surface area contributed by atoms with E-state index in [0.29, 0.717) is 17.1 Å². The van der Waals surface area contributed by atoms with E-state index in [4.69, 9.17) is 9.47 Å². The molecule has 1 aliphatic heterocycles. The van der Waals surface area contributed by atoms with Gasteiger partial charge in [-0.1, -0.05) is 30.3 Å². The Hall–Kier alpha value is -3.02. The summed E-state index contributed by atoms with van der Waals surface area (Å²) in [5.41, 5.74) is 2.03. The topological polar surface area (TPSA) is 76.7 Å². The molecule has 0 saturated carbocycles. The lowest BCUT2D eigenvalue weighted by atomic mass is 10.1. The van der Waals surface area contributed by atoms with Crippen molar-refractivity contribution in [2.24, 2.45) is 0 Å². The first-order chi connectivity index (χ1) is 11.6. The van der Waals surface area contributed by atoms with E-state index in [1.165, 1.54) is 7.11 Å². The van der Waals surface area contributed by atoms with Gasteiger partial charge in [-0.25, -0.2) is 4.79 Å². The second-order valence-electron chi connectivity index (χ2n) is 5.47. The Bertz CT molecular complexity index is 761. The van der Waals surface area contributed by atoms with Crippen LogP contribution >= 0.6 is 0 Å². The van der Waals surface area contributed by atoms with E-state index in [-0.39, 0.29) is 5.91 Å². The van der Waals surface area contributed by atoms with Gasteiger partial charge in [0.15, 0.2) is 12.1 Å². The molecule has 0 aliphatic carbocycles. The van der Waals surface area contributed by atoms with Gasteiger partial charge in [0.25, 0.3) is 5.91 Å². The molecule has 1 amide bonds. The number of carbonyl (C=O) groups excluding carboxylic acids is 2. The maximum Gasteiger partial charge on any atom is 0.332 e. The van der Waals surface area contributed by atoms with Crippen LogP contribution in [0.4, 0.5) is 11.4 Å². The summed E-state index contributed by atoms with van der Waals surface area (Å²) < 4.78 is 10.4. The van der Waals surface area contributed by atoms with Gasteiger partial charge in [0.1, 0.15) is 5.75 Å². The van der Waals surface area contributed by atoms with E-state index in [9.17, 15) is 9.59 Å². The SMILES string of the molecule is COC(=O)[C@@H](Nc1ccc2c(c1)NC(=O)[C@@H](C)O2)c1ccccc1. The highest BCUT2D eigenvalue weighted by Crippen LogP contribution is 2.33. The molecule has 0 radical (unpaired) electrons. The van der Waals surface area contributed by atoms with Crippen molar-refractivity contribution in [3.05, 3.63) is 54.1 Å². The van der Waals surface area contributed by atoms with Gasteiger partial charge in [-0.2, -0.15) is 0 Å². The van der Waals surface area contributed by atoms with Gasteiger partial charge in [-0.3, -0.25) is 4.79 Å². The lowest BCUT2D eigenvalue weighted by Crippen LogP contribution is -2.34. The first-order valence-electron chi connectivity index (χ1n) is 7.59. The average Bonchev–Trinajstić information content (AvgIpc) is 2.61. The minimum absolute atomic E-state index is 0.202. The third kappa shape index (κ3) is 3.17. The molecule has 6 nitrogen and oxygen atoms in total. The highest BCUT2D eigenvalue weighted by atomic mass is 16.5. The van der Waals surface area contributed by atoms with E-state index in [0.717, 1.165) is 5.56 Å². The zero-order chi connectivity index (χ0) is 17.1. The molecular weight excluding hydrogens is 308 g/mol. The number of ether oxygens (including phenoxy) is 2. The summed E-state index contributed by atoms with van der Waals surface area (Å²) in [6, 6.07) is 13.9. The van der Waals surface area contributed by atoms with E-state index in [2.05, 4.69) is 10.6 Å². The molecule has 2 aromatic rings. The van der Waals surface area contributed by atoms with Crippen molar-refractivity contribution < 1.29 is 19.1 Å². The lowest BCUT2D eigenvalue weighted by Gasteiger charge is -2.24. The van der Waals surface area contributed by atoms with Crippen molar-refractivity contribution in [1.29, 1.82) is 0 Å². The maximum absolute atomic E-state index is 12.1. The molecular formula is C18H18N2O4. The molecule has 6 heteroatoms. The molecule has 3 rings (SSSR count). The van der Waals surface area contributed by atoms with Crippen LogP contribution in [0.2, 0.25) is 0 Å². The normalized spacial score (nSPS) is 17.1. The van der Waals surface area contributed by atoms with Crippen molar-refractivity contribution in [1.82, 2.24) is 0 Å². The number of fused-ring (bicyclic) bond motifs is 1. The fourth-order valence-corrected chi connectivity index (χ4v) is 2.51. The summed E-state index contributed by atoms with van der Waals surface area (Å²) in [5, 5.41) is 5.93. The fourth-order valence-electron chi connectivity index (χ4n) is 2.51. The Morgan fingerprint density at radius 2 is 2.00 bits per heavy atom. The summed E-state index contributed by atoms with van der Waals surface area (Å²) in [6.45, 7) is 1.69. The summed E-state index contributed by atoms with van der Waals surface area (Å²) in [6.07, 6.45) is -0.525. The van der Waals surface area contributed by atoms with Crippen molar-refractivity contribution >= 4 is 23.3 Å². The van der Waals surface area contributed by atoms with Crippen molar-refractivity contribution in [3.63, 3.8) is 0 Å². The van der Waals surface area contributed by atoms with Crippen LogP contribution in [0.5, 0.6) is 5.75 Å². The number of rotatable bonds is 4. The molecule has 124 valence electrons. The van der Waals surface area contributed by atoms with Gasteiger partial charge in [0.2, 0.25) is 0 Å². The molecule has 0 bridgehead atoms. The van der Waals surface area contributed by atoms with E-state index >= 15 is 0 Å². The average molecular weight is 326 g/mol. The first kappa shape index (κ1) is 15.9. The third-order valence-electron chi connectivity index (χ3n) is 3.79. The van der Waals surface area contributed by atoms with Crippen LogP contribution in [-0.4, -0.2) is 25.1 Å². The molecule has 0 fully saturated rings. The van der Waals surface area contributed by atoms with Crippen LogP contribution in [0.1, 0.15) is 18.5 Å². The molecule has 0 spiro atoms. The summed E-state index contributed by atoms with van der Waals surface area (Å²) >= 11 is 0. The van der Waals surface area contributed by atoms with Crippen LogP contribution in [0.3, 0.4) is 0 Å². The second-order valence-corrected chi connectivity index (χ2v) is 5.47. The van der Waals surface area contributed by atoms with Gasteiger partial charge in [-0.05, 0) is 30.7 Å². The Balaban J connectivity index is 1.87. The largest absolute Gasteiger partial charge is 0.479 e. The standard InChI is InChI=1S/C18H18N2O4/c1-11-17(21)20-14-10-13(8-9-15(14)24-11)19-16(18(22)23-2)12-6-4-3-5-7-12/h3-11,16,19H,1-2H3,(H,20,21)/t11-,16+/m1/s1. The predicted octanol–water partition coefficient (Wildman–Crippen LogP) is 2.73. The summed E-state index contributed by atoms with van der Waals surface area (Å²) in [5.74, 6) is 0.00188. The molecule has 2 N–H and O–H groups in total. The minimum atomic E-state index is -0.645. The monoisotopic (exact) mass is 326 g/mol. The summed E-state index contributed by atoms with van der Waals surface area (Å²) in [7, 11) is 1.35. The number of benzene rings is 2. The Morgan fingerprint density at radius 3 is 2.71 bits per heavy atom. The smallest absolute Gasteiger partial charge is 0.332 e. The van der Waals surface area contributed by atoms with E-state index < -0.39 is 18.1 Å². The number of methoxy groups -OCH3 is 1. The van der Waals surface area contributed by atoms with Crippen LogP contribution in [0.15, 0.2) is 48.5 Å². The lowest BCUT2D eigenvalue weighted by molar-refractivity contribution is -0.141. The number of esters is 1. The number of carbonyl (C=O) groups is 2. The second kappa shape index (κ2) is 6.62. The van der Waals surface area contributed by atoms with Crippen LogP contribution in [0, 0.1) is 0 Å². The number of hydrogen-bond acceptors (Lipinski definition) is 5. The van der Waals surface area contributed by atoms with Gasteiger partial charge >= 0.3 is 5.97 Å². The number of hydrogen-bond donors (Lipinski definition) is 2. The quantitative estimate of drug-likeness (QED) is 0.845. The zero-order valence-electron chi connectivity index (χ0n) is 13.4. The Labute approximate surface area is 139 Å². The third-order valence-corrected chi connectivity index (χ3v) is 3.79. The van der Waals surface area contributed by atoms with Crippen LogP contribution < -0.4 is 15.4 Å². The number of amides is 1. The van der Waals surface area contributed by atoms with Crippen molar-refractivity contribution in [2.75, 3.05) is 17.7 Å². The molecule has 2 aromatic carbocycles. The van der Waals surface area contributed by atoms with Gasteiger partial charge in [-0.15, -0.1) is 0 Å². The number of nitrogens with one attached hydrogen (secondary N) is 2. The first-order valence-corrected chi connectivity index (χ1v) is 7.59. The Kier molecular flexibility index (Phi) is 4.37. The van der Waals surface area contributed by atoms with Gasteiger partial charge in [0, 0.05) is 5.69 Å². The molecule has 1 aliphatic rings. The molecule has 0 aromatic heterocycles.